The number of amidine groups is 1. The number of amides is 1. The van der Waals surface area contributed by atoms with Gasteiger partial charge in [-0.15, -0.1) is 12.3 Å². The molecule has 0 aromatic heterocycles. The number of likely N-dealkylation sites (N-methyl/N-ethyl adjacent to an activating group) is 1. The van der Waals surface area contributed by atoms with Crippen LogP contribution in [0.25, 0.3) is 0 Å². The Morgan fingerprint density at radius 2 is 1.53 bits per heavy atom. The van der Waals surface area contributed by atoms with E-state index >= 15 is 0 Å². The summed E-state index contributed by atoms with van der Waals surface area (Å²) in [5.74, 6) is 3.32. The summed E-state index contributed by atoms with van der Waals surface area (Å²) in [5, 5.41) is 26.0. The van der Waals surface area contributed by atoms with E-state index < -0.39 is 0 Å². The molecule has 4 rings (SSSR count). The average Bonchev–Trinajstić information content (AvgIpc) is 3.19. The first kappa shape index (κ1) is 45.7. The lowest BCUT2D eigenvalue weighted by Gasteiger charge is -2.13. The summed E-state index contributed by atoms with van der Waals surface area (Å²) in [5.41, 5.74) is 3.63. The second-order valence-corrected chi connectivity index (χ2v) is 12.1. The van der Waals surface area contributed by atoms with Gasteiger partial charge < -0.3 is 41.2 Å². The largest absolute Gasteiger partial charge is 0.508 e. The highest BCUT2D eigenvalue weighted by Gasteiger charge is 2.07. The molecule has 0 radical (unpaired) electrons. The predicted octanol–water partition coefficient (Wildman–Crippen LogP) is 6.87. The fraction of sp³-hybridized carbons (Fsp3) is 0.268. The highest BCUT2D eigenvalue weighted by molar-refractivity contribution is 6.42. The van der Waals surface area contributed by atoms with Crippen LogP contribution in [0.3, 0.4) is 0 Å². The van der Waals surface area contributed by atoms with Crippen molar-refractivity contribution >= 4 is 58.6 Å². The van der Waals surface area contributed by atoms with Crippen LogP contribution in [-0.2, 0) is 16.0 Å². The zero-order chi connectivity index (χ0) is 40.1. The van der Waals surface area contributed by atoms with Gasteiger partial charge in [0, 0.05) is 35.6 Å². The number of phenols is 1. The van der Waals surface area contributed by atoms with Gasteiger partial charge >= 0.3 is 0 Å². The molecule has 0 bridgehead atoms. The number of aliphatic imine (C=N–C) groups is 2. The van der Waals surface area contributed by atoms with E-state index in [1.54, 1.807) is 67.6 Å². The van der Waals surface area contributed by atoms with E-state index in [4.69, 9.17) is 32.7 Å². The van der Waals surface area contributed by atoms with E-state index in [-0.39, 0.29) is 18.3 Å². The van der Waals surface area contributed by atoms with E-state index in [1.807, 2.05) is 50.4 Å². The van der Waals surface area contributed by atoms with Crippen LogP contribution in [0.15, 0.2) is 107 Å². The molecule has 0 heterocycles. The van der Waals surface area contributed by atoms with E-state index in [0.717, 1.165) is 35.3 Å². The molecule has 0 fully saturated rings. The molecule has 12 nitrogen and oxygen atoms in total. The Morgan fingerprint density at radius 3 is 2.15 bits per heavy atom. The van der Waals surface area contributed by atoms with Crippen molar-refractivity contribution < 1.29 is 24.2 Å². The van der Waals surface area contributed by atoms with Gasteiger partial charge in [-0.2, -0.15) is 0 Å². The highest BCUT2D eigenvalue weighted by Crippen LogP contribution is 2.22. The van der Waals surface area contributed by atoms with E-state index in [0.29, 0.717) is 66.9 Å². The number of benzene rings is 4. The van der Waals surface area contributed by atoms with Gasteiger partial charge in [0.05, 0.1) is 48.9 Å². The molecule has 4 aromatic rings. The lowest BCUT2D eigenvalue weighted by atomic mass is 10.1. The molecule has 55 heavy (non-hydrogen) atoms. The molecular weight excluding hydrogens is 741 g/mol. The molecule has 0 atom stereocenters. The standard InChI is InChI=1S/C31H39Cl2N7O4.C7H6O.C3H4/c1-22(35-14-16-44-18-17-43-15-13-34-2)39-31(40-26-8-10-27(41)11-9-26)38-21-37-25-6-4-24(5-7-25)30(42)36-20-23-3-12-28(32)29(33)19-23;8-6-7-4-2-1-3-5-7;1-3-2/h3-12,19,34,37,41H,13-18,20-21H2,1-2H3,(H,36,42)(H2,35,38,39,40);1-6H;1H,2H3. The Bertz CT molecular complexity index is 1800. The number of terminal acetylenes is 1. The highest BCUT2D eigenvalue weighted by atomic mass is 35.5. The number of hydrogen-bond acceptors (Lipinski definition) is 9. The number of nitrogens with zero attached hydrogens (tertiary/aromatic N) is 2. The SMILES string of the molecule is C#CC.CNCCOCCOCCN=C(C)N/C(=N\CNc1ccc(C(=O)NCc2ccc(Cl)c(Cl)c2)cc1)Nc1ccc(O)cc1.O=Cc1ccccc1. The minimum atomic E-state index is -0.205. The minimum absolute atomic E-state index is 0.167. The first-order chi connectivity index (χ1) is 26.7. The summed E-state index contributed by atoms with van der Waals surface area (Å²) in [6, 6.07) is 28.1. The number of carbonyl (C=O) groups is 2. The van der Waals surface area contributed by atoms with Crippen molar-refractivity contribution in [2.75, 3.05) is 63.9 Å². The number of aromatic hydroxyl groups is 1. The lowest BCUT2D eigenvalue weighted by molar-refractivity contribution is 0.0524. The van der Waals surface area contributed by atoms with E-state index in [1.165, 1.54) is 0 Å². The summed E-state index contributed by atoms with van der Waals surface area (Å²) >= 11 is 12.0. The smallest absolute Gasteiger partial charge is 0.251 e. The summed E-state index contributed by atoms with van der Waals surface area (Å²) in [6.07, 6.45) is 5.43. The van der Waals surface area contributed by atoms with Crippen molar-refractivity contribution in [1.82, 2.24) is 16.0 Å². The zero-order valence-electron chi connectivity index (χ0n) is 31.3. The third kappa shape index (κ3) is 20.6. The predicted molar refractivity (Wildman–Crippen MR) is 225 cm³/mol. The van der Waals surface area contributed by atoms with Crippen molar-refractivity contribution in [3.63, 3.8) is 0 Å². The number of nitrogens with one attached hydrogen (secondary N) is 5. The summed E-state index contributed by atoms with van der Waals surface area (Å²) in [6.45, 7) is 7.52. The summed E-state index contributed by atoms with van der Waals surface area (Å²) < 4.78 is 11.0. The van der Waals surface area contributed by atoms with Crippen LogP contribution in [0, 0.1) is 12.3 Å². The quantitative estimate of drug-likeness (QED) is 0.0168. The first-order valence-corrected chi connectivity index (χ1v) is 18.1. The first-order valence-electron chi connectivity index (χ1n) is 17.3. The Hall–Kier alpha value is -5.42. The number of carbonyl (C=O) groups excluding carboxylic acids is 2. The average molecular weight is 791 g/mol. The maximum Gasteiger partial charge on any atom is 0.251 e. The van der Waals surface area contributed by atoms with Crippen molar-refractivity contribution in [1.29, 1.82) is 0 Å². The topological polar surface area (TPSA) is 158 Å². The second-order valence-electron chi connectivity index (χ2n) is 11.3. The second kappa shape index (κ2) is 28.1. The van der Waals surface area contributed by atoms with Crippen LogP contribution in [0.1, 0.15) is 40.1 Å². The van der Waals surface area contributed by atoms with Gasteiger partial charge in [-0.25, -0.2) is 4.99 Å². The number of anilines is 2. The van der Waals surface area contributed by atoms with Gasteiger partial charge in [-0.05, 0) is 87.1 Å². The molecule has 14 heteroatoms. The van der Waals surface area contributed by atoms with Crippen molar-refractivity contribution in [3.05, 3.63) is 124 Å². The Kier molecular flexibility index (Phi) is 23.4. The summed E-state index contributed by atoms with van der Waals surface area (Å²) in [4.78, 5) is 31.7. The molecule has 0 unspecified atom stereocenters. The monoisotopic (exact) mass is 789 g/mol. The van der Waals surface area contributed by atoms with E-state index in [9.17, 15) is 14.7 Å². The van der Waals surface area contributed by atoms with Crippen molar-refractivity contribution in [3.8, 4) is 18.1 Å². The van der Waals surface area contributed by atoms with Crippen LogP contribution >= 0.6 is 23.2 Å². The van der Waals surface area contributed by atoms with E-state index in [2.05, 4.69) is 48.9 Å². The van der Waals surface area contributed by atoms with Gasteiger partial charge in [-0.1, -0.05) is 59.6 Å². The lowest BCUT2D eigenvalue weighted by Crippen LogP contribution is -2.35. The molecule has 292 valence electrons. The van der Waals surface area contributed by atoms with Crippen molar-refractivity contribution in [2.24, 2.45) is 9.98 Å². The number of guanidine groups is 1. The number of halogens is 2. The molecule has 6 N–H and O–H groups in total. The van der Waals surface area contributed by atoms with Crippen LogP contribution < -0.4 is 26.6 Å². The van der Waals surface area contributed by atoms with Gasteiger partial charge in [-0.3, -0.25) is 14.6 Å². The van der Waals surface area contributed by atoms with Gasteiger partial charge in [0.15, 0.2) is 0 Å². The molecule has 0 aliphatic carbocycles. The Morgan fingerprint density at radius 1 is 0.873 bits per heavy atom. The molecule has 0 spiro atoms. The van der Waals surface area contributed by atoms with Gasteiger partial charge in [0.25, 0.3) is 5.91 Å². The molecular formula is C41H49Cl2N7O5. The zero-order valence-corrected chi connectivity index (χ0v) is 32.8. The third-order valence-electron chi connectivity index (χ3n) is 6.92. The van der Waals surface area contributed by atoms with Gasteiger partial charge in [0.1, 0.15) is 18.7 Å². The number of rotatable bonds is 17. The maximum absolute atomic E-state index is 12.6. The van der Waals surface area contributed by atoms with Crippen LogP contribution in [0.4, 0.5) is 11.4 Å². The maximum atomic E-state index is 12.6. The van der Waals surface area contributed by atoms with Crippen LogP contribution in [0.2, 0.25) is 10.0 Å². The van der Waals surface area contributed by atoms with Crippen LogP contribution in [-0.4, -0.2) is 82.3 Å². The Labute approximate surface area is 333 Å². The number of hydrogen-bond donors (Lipinski definition) is 6. The van der Waals surface area contributed by atoms with Crippen molar-refractivity contribution in [2.45, 2.75) is 20.4 Å². The fourth-order valence-corrected chi connectivity index (χ4v) is 4.51. The molecule has 0 saturated heterocycles. The summed E-state index contributed by atoms with van der Waals surface area (Å²) in [7, 11) is 1.88. The normalized spacial score (nSPS) is 10.8. The van der Waals surface area contributed by atoms with Crippen LogP contribution in [0.5, 0.6) is 5.75 Å². The molecule has 0 aliphatic heterocycles. The number of aldehydes is 1. The molecule has 4 aromatic carbocycles. The molecule has 1 amide bonds. The third-order valence-corrected chi connectivity index (χ3v) is 7.66. The number of ether oxygens (including phenoxy) is 2. The minimum Gasteiger partial charge on any atom is -0.508 e. The Balaban J connectivity index is 0.000000820. The molecule has 0 aliphatic rings. The fourth-order valence-electron chi connectivity index (χ4n) is 4.19. The van der Waals surface area contributed by atoms with Gasteiger partial charge in [0.2, 0.25) is 5.96 Å². The number of phenolic OH excluding ortho intramolecular Hbond substituents is 1. The molecule has 0 saturated carbocycles.